The number of rotatable bonds is 3. The van der Waals surface area contributed by atoms with Crippen molar-refractivity contribution < 1.29 is 9.53 Å². The van der Waals surface area contributed by atoms with E-state index in [9.17, 15) is 4.79 Å². The number of carbonyl (C=O) groups excluding carboxylic acids is 1. The van der Waals surface area contributed by atoms with E-state index in [1.165, 1.54) is 7.11 Å². The van der Waals surface area contributed by atoms with Gasteiger partial charge in [0, 0.05) is 16.3 Å². The fourth-order valence-electron chi connectivity index (χ4n) is 1.00. The second kappa shape index (κ2) is 5.66. The average molecular weight is 270 g/mol. The molecule has 4 heteroatoms. The Morgan fingerprint density at radius 2 is 2.20 bits per heavy atom. The normalized spacial score (nSPS) is 12.7. The van der Waals surface area contributed by atoms with E-state index in [1.807, 2.05) is 24.3 Å². The maximum Gasteiger partial charge on any atom is 0.330 e. The summed E-state index contributed by atoms with van der Waals surface area (Å²) < 4.78 is 5.52. The summed E-state index contributed by atoms with van der Waals surface area (Å²) in [4.78, 5) is 15.2. The van der Waals surface area contributed by atoms with Crippen LogP contribution in [-0.2, 0) is 9.53 Å². The first-order valence-corrected chi connectivity index (χ1v) is 5.30. The van der Waals surface area contributed by atoms with Gasteiger partial charge in [-0.05, 0) is 13.0 Å². The van der Waals surface area contributed by atoms with E-state index in [0.29, 0.717) is 0 Å². The van der Waals surface area contributed by atoms with Crippen molar-refractivity contribution in [3.05, 3.63) is 34.3 Å². The monoisotopic (exact) mass is 269 g/mol. The maximum atomic E-state index is 11.1. The highest BCUT2D eigenvalue weighted by atomic mass is 79.9. The molecule has 0 aromatic heterocycles. The van der Waals surface area contributed by atoms with Crippen LogP contribution in [0.15, 0.2) is 33.7 Å². The molecule has 0 unspecified atom stereocenters. The van der Waals surface area contributed by atoms with Crippen LogP contribution in [0, 0.1) is 0 Å². The molecule has 15 heavy (non-hydrogen) atoms. The molecule has 0 aliphatic carbocycles. The van der Waals surface area contributed by atoms with Crippen molar-refractivity contribution in [3.8, 4) is 0 Å². The number of carbonyl (C=O) groups is 1. The molecule has 0 heterocycles. The first kappa shape index (κ1) is 11.9. The second-order valence-corrected chi connectivity index (χ2v) is 3.85. The lowest BCUT2D eigenvalue weighted by Gasteiger charge is -2.03. The number of esters is 1. The van der Waals surface area contributed by atoms with Crippen molar-refractivity contribution in [1.29, 1.82) is 0 Å². The minimum atomic E-state index is -0.470. The third-order valence-corrected chi connectivity index (χ3v) is 2.61. The van der Waals surface area contributed by atoms with Crippen molar-refractivity contribution >= 4 is 28.1 Å². The third-order valence-electron chi connectivity index (χ3n) is 1.88. The Labute approximate surface area is 97.3 Å². The van der Waals surface area contributed by atoms with Crippen LogP contribution < -0.4 is 0 Å². The predicted octanol–water partition coefficient (Wildman–Crippen LogP) is 2.43. The van der Waals surface area contributed by atoms with E-state index < -0.39 is 6.04 Å². The number of methoxy groups -OCH3 is 1. The number of ether oxygens (including phenoxy) is 1. The Morgan fingerprint density at radius 1 is 1.53 bits per heavy atom. The lowest BCUT2D eigenvalue weighted by atomic mass is 10.2. The summed E-state index contributed by atoms with van der Waals surface area (Å²) in [5, 5.41) is 0. The highest BCUT2D eigenvalue weighted by Crippen LogP contribution is 2.13. The van der Waals surface area contributed by atoms with E-state index in [0.717, 1.165) is 10.0 Å². The zero-order valence-electron chi connectivity index (χ0n) is 8.61. The Hall–Kier alpha value is -1.16. The lowest BCUT2D eigenvalue weighted by molar-refractivity contribution is -0.141. The SMILES string of the molecule is COC(=O)[C@H](C)N=Cc1ccccc1Br. The van der Waals surface area contributed by atoms with Gasteiger partial charge in [-0.3, -0.25) is 4.99 Å². The zero-order valence-corrected chi connectivity index (χ0v) is 10.2. The molecule has 0 bridgehead atoms. The Morgan fingerprint density at radius 3 is 2.80 bits per heavy atom. The summed E-state index contributed by atoms with van der Waals surface area (Å²) in [5.74, 6) is -0.335. The molecular weight excluding hydrogens is 258 g/mol. The molecule has 1 aromatic carbocycles. The molecule has 1 aromatic rings. The van der Waals surface area contributed by atoms with Gasteiger partial charge in [-0.15, -0.1) is 0 Å². The molecule has 3 nitrogen and oxygen atoms in total. The highest BCUT2D eigenvalue weighted by molar-refractivity contribution is 9.10. The first-order valence-electron chi connectivity index (χ1n) is 4.50. The fraction of sp³-hybridized carbons (Fsp3) is 0.273. The van der Waals surface area contributed by atoms with Crippen LogP contribution in [-0.4, -0.2) is 25.3 Å². The Bertz CT molecular complexity index is 377. The van der Waals surface area contributed by atoms with Crippen molar-refractivity contribution in [3.63, 3.8) is 0 Å². The van der Waals surface area contributed by atoms with Crippen LogP contribution in [0.5, 0.6) is 0 Å². The van der Waals surface area contributed by atoms with Crippen LogP contribution in [0.2, 0.25) is 0 Å². The van der Waals surface area contributed by atoms with Gasteiger partial charge in [0.05, 0.1) is 7.11 Å². The number of hydrogen-bond acceptors (Lipinski definition) is 3. The Kier molecular flexibility index (Phi) is 4.49. The molecule has 0 spiro atoms. The van der Waals surface area contributed by atoms with E-state index in [2.05, 4.69) is 25.7 Å². The van der Waals surface area contributed by atoms with Gasteiger partial charge in [0.25, 0.3) is 0 Å². The molecule has 0 saturated heterocycles. The van der Waals surface area contributed by atoms with Gasteiger partial charge >= 0.3 is 5.97 Å². The van der Waals surface area contributed by atoms with Crippen LogP contribution in [0.4, 0.5) is 0 Å². The molecule has 80 valence electrons. The van der Waals surface area contributed by atoms with Gasteiger partial charge in [-0.2, -0.15) is 0 Å². The molecule has 0 saturated carbocycles. The average Bonchev–Trinajstić information content (AvgIpc) is 2.26. The topological polar surface area (TPSA) is 38.7 Å². The van der Waals surface area contributed by atoms with Crippen LogP contribution >= 0.6 is 15.9 Å². The van der Waals surface area contributed by atoms with Crippen molar-refractivity contribution in [1.82, 2.24) is 0 Å². The number of aliphatic imine (C=N–C) groups is 1. The molecule has 0 aliphatic rings. The summed E-state index contributed by atoms with van der Waals surface area (Å²) in [6, 6.07) is 7.20. The van der Waals surface area contributed by atoms with Crippen LogP contribution in [0.3, 0.4) is 0 Å². The van der Waals surface area contributed by atoms with Crippen LogP contribution in [0.1, 0.15) is 12.5 Å². The van der Waals surface area contributed by atoms with Crippen LogP contribution in [0.25, 0.3) is 0 Å². The molecule has 0 amide bonds. The van der Waals surface area contributed by atoms with Gasteiger partial charge < -0.3 is 4.74 Å². The molecule has 0 radical (unpaired) electrons. The van der Waals surface area contributed by atoms with E-state index in [4.69, 9.17) is 0 Å². The lowest BCUT2D eigenvalue weighted by Crippen LogP contribution is -2.16. The molecule has 0 N–H and O–H groups in total. The van der Waals surface area contributed by atoms with Gasteiger partial charge in [-0.1, -0.05) is 34.1 Å². The number of halogens is 1. The maximum absolute atomic E-state index is 11.1. The van der Waals surface area contributed by atoms with Crippen molar-refractivity contribution in [2.75, 3.05) is 7.11 Å². The smallest absolute Gasteiger partial charge is 0.330 e. The zero-order chi connectivity index (χ0) is 11.3. The quantitative estimate of drug-likeness (QED) is 0.625. The number of nitrogens with zero attached hydrogens (tertiary/aromatic N) is 1. The summed E-state index contributed by atoms with van der Waals surface area (Å²) in [5.41, 5.74) is 0.938. The summed E-state index contributed by atoms with van der Waals surface area (Å²) in [6.07, 6.45) is 1.66. The predicted molar refractivity (Wildman–Crippen MR) is 63.2 cm³/mol. The number of benzene rings is 1. The standard InChI is InChI=1S/C11H12BrNO2/c1-8(11(14)15-2)13-7-9-5-3-4-6-10(9)12/h3-8H,1-2H3/t8-/m0/s1. The van der Waals surface area contributed by atoms with Crippen molar-refractivity contribution in [2.45, 2.75) is 13.0 Å². The molecular formula is C11H12BrNO2. The van der Waals surface area contributed by atoms with E-state index >= 15 is 0 Å². The Balaban J connectivity index is 2.74. The summed E-state index contributed by atoms with van der Waals surface area (Å²) in [7, 11) is 1.35. The molecule has 1 atom stereocenters. The van der Waals surface area contributed by atoms with Gasteiger partial charge in [0.2, 0.25) is 0 Å². The minimum Gasteiger partial charge on any atom is -0.467 e. The van der Waals surface area contributed by atoms with Gasteiger partial charge in [-0.25, -0.2) is 4.79 Å². The van der Waals surface area contributed by atoms with E-state index in [1.54, 1.807) is 13.1 Å². The third kappa shape index (κ3) is 3.47. The summed E-state index contributed by atoms with van der Waals surface area (Å²) >= 11 is 3.39. The fourth-order valence-corrected chi connectivity index (χ4v) is 1.39. The number of hydrogen-bond donors (Lipinski definition) is 0. The largest absolute Gasteiger partial charge is 0.467 e. The van der Waals surface area contributed by atoms with E-state index in [-0.39, 0.29) is 5.97 Å². The first-order chi connectivity index (χ1) is 7.15. The molecule has 0 fully saturated rings. The second-order valence-electron chi connectivity index (χ2n) is 3.00. The highest BCUT2D eigenvalue weighted by Gasteiger charge is 2.09. The minimum absolute atomic E-state index is 0.335. The molecule has 1 rings (SSSR count). The van der Waals surface area contributed by atoms with Gasteiger partial charge in [0.1, 0.15) is 6.04 Å². The summed E-state index contributed by atoms with van der Waals surface area (Å²) in [6.45, 7) is 1.69. The van der Waals surface area contributed by atoms with Crippen molar-refractivity contribution in [2.24, 2.45) is 4.99 Å². The van der Waals surface area contributed by atoms with Gasteiger partial charge in [0.15, 0.2) is 0 Å². The molecule has 0 aliphatic heterocycles.